The van der Waals surface area contributed by atoms with Crippen molar-refractivity contribution in [3.05, 3.63) is 0 Å². The van der Waals surface area contributed by atoms with E-state index in [4.69, 9.17) is 4.74 Å². The standard InChI is InChI=1S/C12H23NO2/c1-4-11(14)13-10-7-8-15-12(5-2,6-3)9-10/h10H,4-9H2,1-3H3,(H,13,14). The molecule has 1 amide bonds. The first-order valence-electron chi connectivity index (χ1n) is 6.09. The van der Waals surface area contributed by atoms with Gasteiger partial charge in [-0.05, 0) is 25.7 Å². The third kappa shape index (κ3) is 3.20. The maximum absolute atomic E-state index is 11.3. The smallest absolute Gasteiger partial charge is 0.219 e. The minimum absolute atomic E-state index is 0.00391. The van der Waals surface area contributed by atoms with Crippen molar-refractivity contribution in [1.82, 2.24) is 5.32 Å². The topological polar surface area (TPSA) is 38.3 Å². The number of hydrogen-bond donors (Lipinski definition) is 1. The first kappa shape index (κ1) is 12.5. The molecule has 1 heterocycles. The summed E-state index contributed by atoms with van der Waals surface area (Å²) in [5.41, 5.74) is 0.00391. The molecule has 15 heavy (non-hydrogen) atoms. The van der Waals surface area contributed by atoms with E-state index in [0.29, 0.717) is 12.5 Å². The van der Waals surface area contributed by atoms with Gasteiger partial charge in [0.1, 0.15) is 0 Å². The Labute approximate surface area is 92.6 Å². The fraction of sp³-hybridized carbons (Fsp3) is 0.917. The van der Waals surface area contributed by atoms with Gasteiger partial charge in [0.25, 0.3) is 0 Å². The van der Waals surface area contributed by atoms with Gasteiger partial charge in [0.05, 0.1) is 5.60 Å². The van der Waals surface area contributed by atoms with Crippen LogP contribution in [0.5, 0.6) is 0 Å². The second kappa shape index (κ2) is 5.50. The van der Waals surface area contributed by atoms with Crippen LogP contribution in [0.2, 0.25) is 0 Å². The molecule has 1 saturated heterocycles. The molecule has 0 aromatic carbocycles. The summed E-state index contributed by atoms with van der Waals surface area (Å²) in [7, 11) is 0. The van der Waals surface area contributed by atoms with Gasteiger partial charge in [-0.1, -0.05) is 20.8 Å². The normalized spacial score (nSPS) is 24.9. The van der Waals surface area contributed by atoms with E-state index in [-0.39, 0.29) is 11.5 Å². The summed E-state index contributed by atoms with van der Waals surface area (Å²) in [4.78, 5) is 11.3. The molecule has 0 aliphatic carbocycles. The molecule has 1 fully saturated rings. The van der Waals surface area contributed by atoms with Crippen molar-refractivity contribution < 1.29 is 9.53 Å². The van der Waals surface area contributed by atoms with Crippen LogP contribution in [0.1, 0.15) is 52.9 Å². The fourth-order valence-electron chi connectivity index (χ4n) is 2.22. The van der Waals surface area contributed by atoms with Crippen LogP contribution in [0.15, 0.2) is 0 Å². The van der Waals surface area contributed by atoms with Crippen molar-refractivity contribution in [2.75, 3.05) is 6.61 Å². The molecule has 1 unspecified atom stereocenters. The summed E-state index contributed by atoms with van der Waals surface area (Å²) in [5.74, 6) is 0.156. The van der Waals surface area contributed by atoms with Gasteiger partial charge in [0.15, 0.2) is 0 Å². The number of rotatable bonds is 4. The third-order valence-corrected chi connectivity index (χ3v) is 3.47. The summed E-state index contributed by atoms with van der Waals surface area (Å²) in [5, 5.41) is 3.07. The lowest BCUT2D eigenvalue weighted by Crippen LogP contribution is -2.48. The third-order valence-electron chi connectivity index (χ3n) is 3.47. The highest BCUT2D eigenvalue weighted by atomic mass is 16.5. The molecular weight excluding hydrogens is 190 g/mol. The predicted octanol–water partition coefficient (Wildman–Crippen LogP) is 2.25. The van der Waals surface area contributed by atoms with Gasteiger partial charge in [0, 0.05) is 19.1 Å². The van der Waals surface area contributed by atoms with Crippen molar-refractivity contribution in [1.29, 1.82) is 0 Å². The van der Waals surface area contributed by atoms with E-state index in [1.807, 2.05) is 6.92 Å². The van der Waals surface area contributed by atoms with Crippen LogP contribution < -0.4 is 5.32 Å². The SMILES string of the molecule is CCC(=O)NC1CCOC(CC)(CC)C1. The van der Waals surface area contributed by atoms with Crippen molar-refractivity contribution in [2.24, 2.45) is 0 Å². The number of carbonyl (C=O) groups excluding carboxylic acids is 1. The molecule has 0 radical (unpaired) electrons. The van der Waals surface area contributed by atoms with E-state index in [1.165, 1.54) is 0 Å². The van der Waals surface area contributed by atoms with E-state index in [0.717, 1.165) is 32.3 Å². The highest BCUT2D eigenvalue weighted by Gasteiger charge is 2.34. The van der Waals surface area contributed by atoms with Gasteiger partial charge < -0.3 is 10.1 Å². The first-order chi connectivity index (χ1) is 7.15. The molecule has 1 aliphatic heterocycles. The van der Waals surface area contributed by atoms with Gasteiger partial charge in [-0.15, -0.1) is 0 Å². The number of amides is 1. The van der Waals surface area contributed by atoms with Crippen LogP contribution in [0, 0.1) is 0 Å². The summed E-state index contributed by atoms with van der Waals surface area (Å²) >= 11 is 0. The van der Waals surface area contributed by atoms with Gasteiger partial charge in [-0.3, -0.25) is 4.79 Å². The van der Waals surface area contributed by atoms with Gasteiger partial charge in [0.2, 0.25) is 5.91 Å². The van der Waals surface area contributed by atoms with Crippen molar-refractivity contribution in [2.45, 2.75) is 64.5 Å². The molecule has 0 aromatic rings. The van der Waals surface area contributed by atoms with Crippen LogP contribution in [0.4, 0.5) is 0 Å². The zero-order valence-corrected chi connectivity index (χ0v) is 10.1. The molecule has 1 aliphatic rings. The molecule has 0 spiro atoms. The molecule has 3 heteroatoms. The molecule has 0 bridgehead atoms. The molecule has 0 aromatic heterocycles. The Bertz CT molecular complexity index is 212. The maximum Gasteiger partial charge on any atom is 0.219 e. The quantitative estimate of drug-likeness (QED) is 0.778. The average Bonchev–Trinajstić information content (AvgIpc) is 2.29. The molecule has 1 rings (SSSR count). The summed E-state index contributed by atoms with van der Waals surface area (Å²) in [6.07, 6.45) is 4.55. The Morgan fingerprint density at radius 1 is 1.40 bits per heavy atom. The van der Waals surface area contributed by atoms with E-state index >= 15 is 0 Å². The van der Waals surface area contributed by atoms with Gasteiger partial charge >= 0.3 is 0 Å². The molecule has 3 nitrogen and oxygen atoms in total. The summed E-state index contributed by atoms with van der Waals surface area (Å²) in [6, 6.07) is 0.311. The highest BCUT2D eigenvalue weighted by molar-refractivity contribution is 5.75. The Kier molecular flexibility index (Phi) is 4.58. The number of ether oxygens (including phenoxy) is 1. The van der Waals surface area contributed by atoms with Crippen molar-refractivity contribution >= 4 is 5.91 Å². The lowest BCUT2D eigenvalue weighted by molar-refractivity contribution is -0.125. The van der Waals surface area contributed by atoms with Crippen LogP contribution in [-0.4, -0.2) is 24.2 Å². The Balaban J connectivity index is 2.51. The van der Waals surface area contributed by atoms with E-state index in [2.05, 4.69) is 19.2 Å². The van der Waals surface area contributed by atoms with Crippen LogP contribution in [0.25, 0.3) is 0 Å². The Morgan fingerprint density at radius 3 is 2.60 bits per heavy atom. The second-order valence-corrected chi connectivity index (χ2v) is 4.35. The summed E-state index contributed by atoms with van der Waals surface area (Å²) in [6.45, 7) is 6.99. The largest absolute Gasteiger partial charge is 0.375 e. The molecular formula is C12H23NO2. The highest BCUT2D eigenvalue weighted by Crippen LogP contribution is 2.31. The van der Waals surface area contributed by atoms with Gasteiger partial charge in [-0.25, -0.2) is 0 Å². The minimum Gasteiger partial charge on any atom is -0.375 e. The van der Waals surface area contributed by atoms with Crippen molar-refractivity contribution in [3.8, 4) is 0 Å². The van der Waals surface area contributed by atoms with E-state index in [9.17, 15) is 4.79 Å². The fourth-order valence-corrected chi connectivity index (χ4v) is 2.22. The van der Waals surface area contributed by atoms with E-state index in [1.54, 1.807) is 0 Å². The average molecular weight is 213 g/mol. The number of nitrogens with one attached hydrogen (secondary N) is 1. The zero-order valence-electron chi connectivity index (χ0n) is 10.1. The molecule has 88 valence electrons. The van der Waals surface area contributed by atoms with E-state index < -0.39 is 0 Å². The Hall–Kier alpha value is -0.570. The first-order valence-corrected chi connectivity index (χ1v) is 6.09. The van der Waals surface area contributed by atoms with Crippen LogP contribution in [0.3, 0.4) is 0 Å². The predicted molar refractivity (Wildman–Crippen MR) is 60.7 cm³/mol. The Morgan fingerprint density at radius 2 is 2.07 bits per heavy atom. The number of carbonyl (C=O) groups is 1. The number of hydrogen-bond acceptors (Lipinski definition) is 2. The molecule has 1 atom stereocenters. The zero-order chi connectivity index (χ0) is 11.3. The molecule has 1 N–H and O–H groups in total. The van der Waals surface area contributed by atoms with Gasteiger partial charge in [-0.2, -0.15) is 0 Å². The molecule has 0 saturated carbocycles. The van der Waals surface area contributed by atoms with Crippen molar-refractivity contribution in [3.63, 3.8) is 0 Å². The van der Waals surface area contributed by atoms with Crippen LogP contribution in [-0.2, 0) is 9.53 Å². The summed E-state index contributed by atoms with van der Waals surface area (Å²) < 4.78 is 5.86. The second-order valence-electron chi connectivity index (χ2n) is 4.35. The lowest BCUT2D eigenvalue weighted by Gasteiger charge is -2.40. The monoisotopic (exact) mass is 213 g/mol. The minimum atomic E-state index is 0.00391. The lowest BCUT2D eigenvalue weighted by atomic mass is 9.86. The van der Waals surface area contributed by atoms with Crippen LogP contribution >= 0.6 is 0 Å². The maximum atomic E-state index is 11.3.